The van der Waals surface area contributed by atoms with Crippen molar-refractivity contribution in [2.24, 2.45) is 0 Å². The first-order valence-corrected chi connectivity index (χ1v) is 7.21. The standard InChI is InChI=1S/C17H18ClNO2/c1-12-10-15(6-7-16(12)18)17(21)19-9-8-13-2-4-14(11-20)5-3-13/h2-7,10,20H,8-9,11H2,1H3,(H,19,21). The summed E-state index contributed by atoms with van der Waals surface area (Å²) in [6.45, 7) is 2.49. The number of carbonyl (C=O) groups excluding carboxylic acids is 1. The second-order valence-electron chi connectivity index (χ2n) is 4.94. The minimum Gasteiger partial charge on any atom is -0.392 e. The van der Waals surface area contributed by atoms with Crippen LogP contribution in [0.1, 0.15) is 27.0 Å². The fourth-order valence-electron chi connectivity index (χ4n) is 2.02. The summed E-state index contributed by atoms with van der Waals surface area (Å²) < 4.78 is 0. The third-order valence-electron chi connectivity index (χ3n) is 3.32. The van der Waals surface area contributed by atoms with E-state index in [4.69, 9.17) is 16.7 Å². The summed E-state index contributed by atoms with van der Waals surface area (Å²) in [5.74, 6) is -0.0956. The van der Waals surface area contributed by atoms with Gasteiger partial charge >= 0.3 is 0 Å². The normalized spacial score (nSPS) is 10.4. The highest BCUT2D eigenvalue weighted by molar-refractivity contribution is 6.31. The van der Waals surface area contributed by atoms with Crippen LogP contribution in [-0.2, 0) is 13.0 Å². The largest absolute Gasteiger partial charge is 0.392 e. The van der Waals surface area contributed by atoms with Crippen LogP contribution in [0.5, 0.6) is 0 Å². The number of hydrogen-bond donors (Lipinski definition) is 2. The van der Waals surface area contributed by atoms with Gasteiger partial charge in [0.05, 0.1) is 6.61 Å². The number of nitrogens with one attached hydrogen (secondary N) is 1. The van der Waals surface area contributed by atoms with E-state index in [1.807, 2.05) is 31.2 Å². The SMILES string of the molecule is Cc1cc(C(=O)NCCc2ccc(CO)cc2)ccc1Cl. The van der Waals surface area contributed by atoms with Crippen molar-refractivity contribution >= 4 is 17.5 Å². The van der Waals surface area contributed by atoms with Crippen molar-refractivity contribution < 1.29 is 9.90 Å². The Labute approximate surface area is 129 Å². The van der Waals surface area contributed by atoms with Crippen molar-refractivity contribution in [2.45, 2.75) is 20.0 Å². The maximum absolute atomic E-state index is 12.0. The molecular formula is C17H18ClNO2. The Morgan fingerprint density at radius 3 is 2.43 bits per heavy atom. The minimum atomic E-state index is -0.0956. The maximum Gasteiger partial charge on any atom is 0.251 e. The topological polar surface area (TPSA) is 49.3 Å². The van der Waals surface area contributed by atoms with Crippen LogP contribution in [0, 0.1) is 6.92 Å². The third-order valence-corrected chi connectivity index (χ3v) is 3.75. The summed E-state index contributed by atoms with van der Waals surface area (Å²) in [6, 6.07) is 12.9. The third kappa shape index (κ3) is 4.31. The number of carbonyl (C=O) groups is 1. The van der Waals surface area contributed by atoms with Gasteiger partial charge in [-0.15, -0.1) is 0 Å². The van der Waals surface area contributed by atoms with Gasteiger partial charge in [-0.25, -0.2) is 0 Å². The zero-order chi connectivity index (χ0) is 15.2. The lowest BCUT2D eigenvalue weighted by Gasteiger charge is -2.07. The first kappa shape index (κ1) is 15.5. The molecule has 0 aromatic heterocycles. The average molecular weight is 304 g/mol. The molecule has 0 unspecified atom stereocenters. The molecule has 0 aliphatic rings. The first-order valence-electron chi connectivity index (χ1n) is 6.83. The molecule has 21 heavy (non-hydrogen) atoms. The summed E-state index contributed by atoms with van der Waals surface area (Å²) in [6.07, 6.45) is 0.754. The Balaban J connectivity index is 1.87. The summed E-state index contributed by atoms with van der Waals surface area (Å²) in [4.78, 5) is 12.0. The quantitative estimate of drug-likeness (QED) is 0.891. The Kier molecular flexibility index (Phi) is 5.37. The molecule has 0 atom stereocenters. The summed E-state index contributed by atoms with van der Waals surface area (Å²) >= 11 is 5.94. The lowest BCUT2D eigenvalue weighted by atomic mass is 10.1. The van der Waals surface area contributed by atoms with Gasteiger partial charge in [0, 0.05) is 17.1 Å². The van der Waals surface area contributed by atoms with Gasteiger partial charge in [-0.1, -0.05) is 35.9 Å². The fraction of sp³-hybridized carbons (Fsp3) is 0.235. The zero-order valence-corrected chi connectivity index (χ0v) is 12.7. The van der Waals surface area contributed by atoms with E-state index in [9.17, 15) is 4.79 Å². The average Bonchev–Trinajstić information content (AvgIpc) is 2.50. The van der Waals surface area contributed by atoms with Crippen LogP contribution < -0.4 is 5.32 Å². The van der Waals surface area contributed by atoms with Crippen molar-refractivity contribution in [1.29, 1.82) is 0 Å². The molecule has 3 nitrogen and oxygen atoms in total. The van der Waals surface area contributed by atoms with Crippen LogP contribution in [0.3, 0.4) is 0 Å². The molecule has 110 valence electrons. The maximum atomic E-state index is 12.0. The van der Waals surface area contributed by atoms with E-state index in [0.29, 0.717) is 17.1 Å². The molecule has 0 spiro atoms. The van der Waals surface area contributed by atoms with Gasteiger partial charge in [0.25, 0.3) is 5.91 Å². The zero-order valence-electron chi connectivity index (χ0n) is 11.9. The fourth-order valence-corrected chi connectivity index (χ4v) is 2.14. The minimum absolute atomic E-state index is 0.0485. The van der Waals surface area contributed by atoms with Gasteiger partial charge < -0.3 is 10.4 Å². The molecule has 1 amide bonds. The highest BCUT2D eigenvalue weighted by Crippen LogP contribution is 2.16. The van der Waals surface area contributed by atoms with E-state index in [-0.39, 0.29) is 12.5 Å². The Hall–Kier alpha value is -1.84. The molecule has 0 aliphatic heterocycles. The molecule has 0 saturated heterocycles. The number of aryl methyl sites for hydroxylation is 1. The molecule has 2 aromatic rings. The summed E-state index contributed by atoms with van der Waals surface area (Å²) in [7, 11) is 0. The summed E-state index contributed by atoms with van der Waals surface area (Å²) in [5, 5.41) is 12.5. The molecule has 2 N–H and O–H groups in total. The van der Waals surface area contributed by atoms with Crippen molar-refractivity contribution in [3.05, 3.63) is 69.7 Å². The Morgan fingerprint density at radius 2 is 1.81 bits per heavy atom. The predicted molar refractivity (Wildman–Crippen MR) is 84.6 cm³/mol. The number of benzene rings is 2. The van der Waals surface area contributed by atoms with Crippen molar-refractivity contribution in [1.82, 2.24) is 5.32 Å². The molecule has 2 rings (SSSR count). The van der Waals surface area contributed by atoms with Crippen molar-refractivity contribution in [3.8, 4) is 0 Å². The van der Waals surface area contributed by atoms with Gasteiger partial charge in [-0.3, -0.25) is 4.79 Å². The Morgan fingerprint density at radius 1 is 1.14 bits per heavy atom. The number of hydrogen-bond acceptors (Lipinski definition) is 2. The first-order chi connectivity index (χ1) is 10.1. The van der Waals surface area contributed by atoms with E-state index in [2.05, 4.69) is 5.32 Å². The summed E-state index contributed by atoms with van der Waals surface area (Å²) in [5.41, 5.74) is 3.52. The van der Waals surface area contributed by atoms with Crippen LogP contribution in [0.2, 0.25) is 5.02 Å². The van der Waals surface area contributed by atoms with E-state index >= 15 is 0 Å². The smallest absolute Gasteiger partial charge is 0.251 e. The predicted octanol–water partition coefficient (Wildman–Crippen LogP) is 3.11. The van der Waals surface area contributed by atoms with Crippen LogP contribution in [0.25, 0.3) is 0 Å². The van der Waals surface area contributed by atoms with Crippen LogP contribution in [-0.4, -0.2) is 17.6 Å². The monoisotopic (exact) mass is 303 g/mol. The van der Waals surface area contributed by atoms with Gasteiger partial charge in [0.2, 0.25) is 0 Å². The van der Waals surface area contributed by atoms with Crippen molar-refractivity contribution in [2.75, 3.05) is 6.54 Å². The van der Waals surface area contributed by atoms with E-state index in [1.165, 1.54) is 0 Å². The molecule has 0 radical (unpaired) electrons. The molecule has 0 heterocycles. The molecule has 0 bridgehead atoms. The number of aliphatic hydroxyl groups excluding tert-OH is 1. The number of halogens is 1. The number of amides is 1. The van der Waals surface area contributed by atoms with Crippen LogP contribution in [0.4, 0.5) is 0 Å². The van der Waals surface area contributed by atoms with Crippen LogP contribution in [0.15, 0.2) is 42.5 Å². The highest BCUT2D eigenvalue weighted by Gasteiger charge is 2.06. The van der Waals surface area contributed by atoms with Gasteiger partial charge in [-0.2, -0.15) is 0 Å². The van der Waals surface area contributed by atoms with Gasteiger partial charge in [0.1, 0.15) is 0 Å². The lowest BCUT2D eigenvalue weighted by Crippen LogP contribution is -2.25. The second kappa shape index (κ2) is 7.25. The van der Waals surface area contributed by atoms with E-state index in [1.54, 1.807) is 18.2 Å². The lowest BCUT2D eigenvalue weighted by molar-refractivity contribution is 0.0954. The van der Waals surface area contributed by atoms with Gasteiger partial charge in [-0.05, 0) is 48.2 Å². The van der Waals surface area contributed by atoms with Crippen molar-refractivity contribution in [3.63, 3.8) is 0 Å². The second-order valence-corrected chi connectivity index (χ2v) is 5.35. The van der Waals surface area contributed by atoms with Crippen LogP contribution >= 0.6 is 11.6 Å². The molecule has 0 fully saturated rings. The molecule has 0 saturated carbocycles. The van der Waals surface area contributed by atoms with Gasteiger partial charge in [0.15, 0.2) is 0 Å². The molecule has 4 heteroatoms. The molecule has 0 aliphatic carbocycles. The Bertz CT molecular complexity index is 623. The molecular weight excluding hydrogens is 286 g/mol. The number of rotatable bonds is 5. The van der Waals surface area contributed by atoms with E-state index < -0.39 is 0 Å². The van der Waals surface area contributed by atoms with E-state index in [0.717, 1.165) is 23.1 Å². The number of aliphatic hydroxyl groups is 1. The highest BCUT2D eigenvalue weighted by atomic mass is 35.5. The molecule has 2 aromatic carbocycles.